The number of benzene rings is 1. The predicted molar refractivity (Wildman–Crippen MR) is 60.3 cm³/mol. The van der Waals surface area contributed by atoms with Gasteiger partial charge in [0.2, 0.25) is 0 Å². The van der Waals surface area contributed by atoms with Crippen molar-refractivity contribution in [2.45, 2.75) is 18.9 Å². The third-order valence-electron chi connectivity index (χ3n) is 2.45. The first-order valence-electron chi connectivity index (χ1n) is 5.05. The number of nitrogens with one attached hydrogen (secondary N) is 1. The van der Waals surface area contributed by atoms with E-state index in [0.717, 1.165) is 18.2 Å². The minimum Gasteiger partial charge on any atom is -0.381 e. The Labute approximate surface area is 92.3 Å². The van der Waals surface area contributed by atoms with Crippen LogP contribution in [0.15, 0.2) is 18.2 Å². The van der Waals surface area contributed by atoms with Gasteiger partial charge in [-0.2, -0.15) is 11.8 Å². The fourth-order valence-corrected chi connectivity index (χ4v) is 2.75. The fourth-order valence-electron chi connectivity index (χ4n) is 1.68. The lowest BCUT2D eigenvalue weighted by molar-refractivity contribution is 0.509. The molecule has 0 aromatic heterocycles. The van der Waals surface area contributed by atoms with E-state index < -0.39 is 11.6 Å². The first kappa shape index (κ1) is 10.7. The van der Waals surface area contributed by atoms with Crippen LogP contribution in [0.1, 0.15) is 12.8 Å². The van der Waals surface area contributed by atoms with Gasteiger partial charge in [-0.1, -0.05) is 0 Å². The number of rotatable bonds is 2. The molecule has 0 spiro atoms. The average Bonchev–Trinajstić information content (AvgIpc) is 2.25. The highest BCUT2D eigenvalue weighted by molar-refractivity contribution is 7.99. The van der Waals surface area contributed by atoms with E-state index in [-0.39, 0.29) is 0 Å². The molecular formula is C11H13F2NS. The Morgan fingerprint density at radius 1 is 1.27 bits per heavy atom. The Balaban J connectivity index is 2.00. The van der Waals surface area contributed by atoms with Crippen molar-refractivity contribution in [1.82, 2.24) is 0 Å². The van der Waals surface area contributed by atoms with Crippen molar-refractivity contribution in [2.75, 3.05) is 16.8 Å². The van der Waals surface area contributed by atoms with E-state index in [1.54, 1.807) is 6.07 Å². The second kappa shape index (κ2) is 4.84. The molecule has 4 heteroatoms. The summed E-state index contributed by atoms with van der Waals surface area (Å²) < 4.78 is 25.6. The van der Waals surface area contributed by atoms with Crippen LogP contribution in [0.4, 0.5) is 14.5 Å². The van der Waals surface area contributed by atoms with Crippen LogP contribution in [0.5, 0.6) is 0 Å². The molecule has 82 valence electrons. The van der Waals surface area contributed by atoms with Crippen molar-refractivity contribution in [3.8, 4) is 0 Å². The molecule has 2 rings (SSSR count). The highest BCUT2D eigenvalue weighted by Crippen LogP contribution is 2.21. The SMILES string of the molecule is Fc1ccc(N[C@H]2CCCSC2)cc1F. The number of hydrogen-bond donors (Lipinski definition) is 1. The smallest absolute Gasteiger partial charge is 0.160 e. The normalized spacial score (nSPS) is 21.3. The monoisotopic (exact) mass is 229 g/mol. The fraction of sp³-hybridized carbons (Fsp3) is 0.455. The predicted octanol–water partition coefficient (Wildman–Crippen LogP) is 3.27. The van der Waals surface area contributed by atoms with Crippen LogP contribution in [-0.2, 0) is 0 Å². The highest BCUT2D eigenvalue weighted by Gasteiger charge is 2.13. The maximum absolute atomic E-state index is 12.9. The largest absolute Gasteiger partial charge is 0.381 e. The molecule has 1 aliphatic rings. The Kier molecular flexibility index (Phi) is 3.46. The molecule has 1 nitrogen and oxygen atoms in total. The van der Waals surface area contributed by atoms with Crippen molar-refractivity contribution in [3.63, 3.8) is 0 Å². The maximum atomic E-state index is 12.9. The molecule has 1 aliphatic heterocycles. The van der Waals surface area contributed by atoms with Gasteiger partial charge in [0.05, 0.1) is 0 Å². The summed E-state index contributed by atoms with van der Waals surface area (Å²) in [6.45, 7) is 0. The molecular weight excluding hydrogens is 216 g/mol. The van der Waals surface area contributed by atoms with Gasteiger partial charge in [0, 0.05) is 23.5 Å². The van der Waals surface area contributed by atoms with Crippen molar-refractivity contribution in [2.24, 2.45) is 0 Å². The molecule has 1 heterocycles. The molecule has 1 fully saturated rings. The van der Waals surface area contributed by atoms with Gasteiger partial charge in [-0.15, -0.1) is 0 Å². The van der Waals surface area contributed by atoms with E-state index in [1.165, 1.54) is 18.2 Å². The summed E-state index contributed by atoms with van der Waals surface area (Å²) in [4.78, 5) is 0. The first-order valence-corrected chi connectivity index (χ1v) is 6.20. The van der Waals surface area contributed by atoms with E-state index in [2.05, 4.69) is 5.32 Å². The van der Waals surface area contributed by atoms with Gasteiger partial charge >= 0.3 is 0 Å². The molecule has 1 saturated heterocycles. The van der Waals surface area contributed by atoms with Gasteiger partial charge in [0.25, 0.3) is 0 Å². The number of anilines is 1. The molecule has 0 unspecified atom stereocenters. The van der Waals surface area contributed by atoms with E-state index in [1.807, 2.05) is 11.8 Å². The summed E-state index contributed by atoms with van der Waals surface area (Å²) in [6, 6.07) is 4.34. The van der Waals surface area contributed by atoms with Crippen molar-refractivity contribution >= 4 is 17.4 Å². The lowest BCUT2D eigenvalue weighted by Crippen LogP contribution is -2.25. The van der Waals surface area contributed by atoms with Crippen LogP contribution in [-0.4, -0.2) is 17.5 Å². The Bertz CT molecular complexity index is 337. The molecule has 0 radical (unpaired) electrons. The topological polar surface area (TPSA) is 12.0 Å². The van der Waals surface area contributed by atoms with Gasteiger partial charge in [0.1, 0.15) is 0 Å². The third kappa shape index (κ3) is 2.84. The van der Waals surface area contributed by atoms with Gasteiger partial charge in [-0.3, -0.25) is 0 Å². The zero-order chi connectivity index (χ0) is 10.7. The minimum absolute atomic E-state index is 0.383. The van der Waals surface area contributed by atoms with E-state index in [0.29, 0.717) is 11.7 Å². The minimum atomic E-state index is -0.793. The van der Waals surface area contributed by atoms with Crippen molar-refractivity contribution < 1.29 is 8.78 Å². The second-order valence-corrected chi connectivity index (χ2v) is 4.84. The number of hydrogen-bond acceptors (Lipinski definition) is 2. The maximum Gasteiger partial charge on any atom is 0.160 e. The number of halogens is 2. The van der Waals surface area contributed by atoms with Crippen LogP contribution >= 0.6 is 11.8 Å². The van der Waals surface area contributed by atoms with Gasteiger partial charge in [-0.25, -0.2) is 8.78 Å². The standard InChI is InChI=1S/C11H13F2NS/c12-10-4-3-8(6-11(10)13)14-9-2-1-5-15-7-9/h3-4,6,9,14H,1-2,5,7H2/t9-/m0/s1. The zero-order valence-electron chi connectivity index (χ0n) is 8.30. The van der Waals surface area contributed by atoms with Crippen LogP contribution in [0.25, 0.3) is 0 Å². The molecule has 15 heavy (non-hydrogen) atoms. The van der Waals surface area contributed by atoms with Crippen LogP contribution in [0.3, 0.4) is 0 Å². The highest BCUT2D eigenvalue weighted by atomic mass is 32.2. The molecule has 0 bridgehead atoms. The Hall–Kier alpha value is -0.770. The van der Waals surface area contributed by atoms with Crippen molar-refractivity contribution in [1.29, 1.82) is 0 Å². The Morgan fingerprint density at radius 2 is 2.13 bits per heavy atom. The van der Waals surface area contributed by atoms with Crippen LogP contribution < -0.4 is 5.32 Å². The van der Waals surface area contributed by atoms with Crippen LogP contribution in [0.2, 0.25) is 0 Å². The van der Waals surface area contributed by atoms with Gasteiger partial charge in [-0.05, 0) is 30.7 Å². The lowest BCUT2D eigenvalue weighted by Gasteiger charge is -2.23. The molecule has 0 aliphatic carbocycles. The summed E-state index contributed by atoms with van der Waals surface area (Å²) in [7, 11) is 0. The average molecular weight is 229 g/mol. The van der Waals surface area contributed by atoms with Gasteiger partial charge in [0.15, 0.2) is 11.6 Å². The summed E-state index contributed by atoms with van der Waals surface area (Å²) in [5.74, 6) is 0.664. The van der Waals surface area contributed by atoms with Crippen LogP contribution in [0, 0.1) is 11.6 Å². The first-order chi connectivity index (χ1) is 7.25. The molecule has 0 amide bonds. The third-order valence-corrected chi connectivity index (χ3v) is 3.67. The van der Waals surface area contributed by atoms with E-state index in [9.17, 15) is 8.78 Å². The zero-order valence-corrected chi connectivity index (χ0v) is 9.12. The van der Waals surface area contributed by atoms with Gasteiger partial charge < -0.3 is 5.32 Å². The molecule has 1 aromatic carbocycles. The van der Waals surface area contributed by atoms with Crippen molar-refractivity contribution in [3.05, 3.63) is 29.8 Å². The Morgan fingerprint density at radius 3 is 2.80 bits per heavy atom. The molecule has 1 atom stereocenters. The summed E-state index contributed by atoms with van der Waals surface area (Å²) in [5.41, 5.74) is 0.668. The second-order valence-electron chi connectivity index (χ2n) is 3.69. The summed E-state index contributed by atoms with van der Waals surface area (Å²) in [5, 5.41) is 3.22. The molecule has 1 N–H and O–H groups in total. The molecule has 1 aromatic rings. The summed E-state index contributed by atoms with van der Waals surface area (Å²) >= 11 is 1.90. The lowest BCUT2D eigenvalue weighted by atomic mass is 10.1. The summed E-state index contributed by atoms with van der Waals surface area (Å²) in [6.07, 6.45) is 2.29. The van der Waals surface area contributed by atoms with E-state index >= 15 is 0 Å². The molecule has 0 saturated carbocycles. The number of thioether (sulfide) groups is 1. The van der Waals surface area contributed by atoms with E-state index in [4.69, 9.17) is 0 Å². The quantitative estimate of drug-likeness (QED) is 0.835.